The normalized spacial score (nSPS) is 18.3. The van der Waals surface area contributed by atoms with Gasteiger partial charge in [0.15, 0.2) is 0 Å². The van der Waals surface area contributed by atoms with Crippen molar-refractivity contribution < 1.29 is 66.7 Å². The van der Waals surface area contributed by atoms with E-state index in [0.29, 0.717) is 106 Å². The van der Waals surface area contributed by atoms with E-state index < -0.39 is 23.9 Å². The van der Waals surface area contributed by atoms with Crippen LogP contribution in [0.5, 0.6) is 17.2 Å². The van der Waals surface area contributed by atoms with Crippen molar-refractivity contribution in [3.05, 3.63) is 103 Å². The lowest BCUT2D eigenvalue weighted by atomic mass is 9.87. The summed E-state index contributed by atoms with van der Waals surface area (Å²) in [5.41, 5.74) is 0.723. The predicted octanol–water partition coefficient (Wildman–Crippen LogP) is 10.4. The summed E-state index contributed by atoms with van der Waals surface area (Å²) in [6.45, 7) is 10.6. The summed E-state index contributed by atoms with van der Waals surface area (Å²) in [6.07, 6.45) is 16.2. The van der Waals surface area contributed by atoms with Crippen molar-refractivity contribution in [2.45, 2.75) is 128 Å². The van der Waals surface area contributed by atoms with Gasteiger partial charge >= 0.3 is 35.8 Å². The van der Waals surface area contributed by atoms with Gasteiger partial charge in [0.2, 0.25) is 0 Å². The molecule has 0 heterocycles. The van der Waals surface area contributed by atoms with Gasteiger partial charge in [0.05, 0.1) is 50.2 Å². The fraction of sp³-hybridized carbons (Fsp3) is 0.509. The van der Waals surface area contributed by atoms with Gasteiger partial charge in [0.25, 0.3) is 0 Å². The van der Waals surface area contributed by atoms with Crippen molar-refractivity contribution in [2.24, 2.45) is 11.8 Å². The van der Waals surface area contributed by atoms with Crippen LogP contribution in [0.3, 0.4) is 0 Å². The first kappa shape index (κ1) is 54.7. The molecule has 0 N–H and O–H groups in total. The molecule has 2 aliphatic rings. The van der Waals surface area contributed by atoms with E-state index in [1.807, 2.05) is 0 Å². The standard InChI is InChI=1S/C53H67ClO14/c1-4-42(65-51(58)40-19-26-46(27-20-40)67-52(59)39-15-22-43(23-16-39)61-34-10-7-9-13-37-64-49(56)32-33-54)21-14-38(3)50(57)66-45-24-17-41(18-25-45)53(60)68-47-30-28-44(29-31-47)62-35-11-6-8-12-36-63-48(55)5-2/h4-5,14-16,21-23,28-31,40-41,45-46H,1-2,6-13,17-20,24-27,32-37H2,3H3/b38-14+,42-21?. The third-order valence-electron chi connectivity index (χ3n) is 11.5. The largest absolute Gasteiger partial charge is 0.494 e. The first-order valence-electron chi connectivity index (χ1n) is 23.8. The quantitative estimate of drug-likeness (QED) is 0.0110. The van der Waals surface area contributed by atoms with Crippen LogP contribution in [0.25, 0.3) is 0 Å². The molecule has 4 rings (SSSR count). The number of hydrogen-bond acceptors (Lipinski definition) is 14. The van der Waals surface area contributed by atoms with Gasteiger partial charge in [-0.2, -0.15) is 0 Å². The maximum absolute atomic E-state index is 13.1. The lowest BCUT2D eigenvalue weighted by Gasteiger charge is -2.27. The average Bonchev–Trinajstić information content (AvgIpc) is 3.35. The van der Waals surface area contributed by atoms with Crippen LogP contribution in [-0.4, -0.2) is 80.3 Å². The van der Waals surface area contributed by atoms with E-state index in [1.165, 1.54) is 18.2 Å². The van der Waals surface area contributed by atoms with E-state index in [-0.39, 0.29) is 54.0 Å². The van der Waals surface area contributed by atoms with Gasteiger partial charge in [0.1, 0.15) is 35.2 Å². The minimum Gasteiger partial charge on any atom is -0.494 e. The highest BCUT2D eigenvalue weighted by atomic mass is 35.5. The molecule has 0 aliphatic heterocycles. The molecule has 0 atom stereocenters. The highest BCUT2D eigenvalue weighted by Gasteiger charge is 2.31. The highest BCUT2D eigenvalue weighted by Crippen LogP contribution is 2.31. The summed E-state index contributed by atoms with van der Waals surface area (Å²) in [4.78, 5) is 74.2. The lowest BCUT2D eigenvalue weighted by Crippen LogP contribution is -2.30. The molecule has 2 saturated carbocycles. The van der Waals surface area contributed by atoms with Gasteiger partial charge in [-0.15, -0.1) is 11.6 Å². The van der Waals surface area contributed by atoms with Gasteiger partial charge in [0, 0.05) is 17.5 Å². The second-order valence-corrected chi connectivity index (χ2v) is 17.2. The third-order valence-corrected chi connectivity index (χ3v) is 11.7. The first-order chi connectivity index (χ1) is 33.0. The minimum atomic E-state index is -0.506. The summed E-state index contributed by atoms with van der Waals surface area (Å²) in [5.74, 6) is -0.852. The zero-order valence-corrected chi connectivity index (χ0v) is 40.1. The number of alkyl halides is 1. The average molecular weight is 964 g/mol. The van der Waals surface area contributed by atoms with Crippen molar-refractivity contribution in [1.82, 2.24) is 0 Å². The molecule has 0 radical (unpaired) electrons. The molecular weight excluding hydrogens is 896 g/mol. The van der Waals surface area contributed by atoms with Gasteiger partial charge in [-0.1, -0.05) is 13.2 Å². The van der Waals surface area contributed by atoms with Crippen molar-refractivity contribution in [3.8, 4) is 17.2 Å². The number of hydrogen-bond donors (Lipinski definition) is 0. The molecule has 0 saturated heterocycles. The molecule has 2 fully saturated rings. The smallest absolute Gasteiger partial charge is 0.338 e. The molecule has 68 heavy (non-hydrogen) atoms. The molecule has 15 heteroatoms. The summed E-state index contributed by atoms with van der Waals surface area (Å²) >= 11 is 5.53. The maximum Gasteiger partial charge on any atom is 0.338 e. The molecule has 14 nitrogen and oxygen atoms in total. The Balaban J connectivity index is 1.07. The van der Waals surface area contributed by atoms with Crippen LogP contribution in [0.4, 0.5) is 0 Å². The Morgan fingerprint density at radius 1 is 0.588 bits per heavy atom. The molecule has 0 spiro atoms. The molecular formula is C53H67ClO14. The van der Waals surface area contributed by atoms with Crippen LogP contribution in [-0.2, 0) is 47.7 Å². The Kier molecular flexibility index (Phi) is 25.1. The van der Waals surface area contributed by atoms with Crippen LogP contribution in [0.1, 0.15) is 126 Å². The molecule has 0 aromatic heterocycles. The van der Waals surface area contributed by atoms with Crippen LogP contribution >= 0.6 is 11.6 Å². The Morgan fingerprint density at radius 2 is 1.09 bits per heavy atom. The lowest BCUT2D eigenvalue weighted by molar-refractivity contribution is -0.148. The van der Waals surface area contributed by atoms with E-state index in [2.05, 4.69) is 13.2 Å². The second-order valence-electron chi connectivity index (χ2n) is 16.8. The van der Waals surface area contributed by atoms with Crippen LogP contribution in [0.2, 0.25) is 0 Å². The molecule has 0 unspecified atom stereocenters. The summed E-state index contributed by atoms with van der Waals surface area (Å²) in [6, 6.07) is 13.7. The molecule has 2 aromatic rings. The van der Waals surface area contributed by atoms with Gasteiger partial charge in [-0.3, -0.25) is 14.4 Å². The second kappa shape index (κ2) is 31.2. The molecule has 0 bridgehead atoms. The number of carbonyl (C=O) groups is 6. The van der Waals surface area contributed by atoms with Crippen molar-refractivity contribution in [1.29, 1.82) is 0 Å². The van der Waals surface area contributed by atoms with E-state index in [4.69, 9.17) is 49.5 Å². The monoisotopic (exact) mass is 962 g/mol. The van der Waals surface area contributed by atoms with Crippen LogP contribution in [0, 0.1) is 11.8 Å². The number of esters is 6. The number of benzene rings is 2. The van der Waals surface area contributed by atoms with Gasteiger partial charge < -0.3 is 37.9 Å². The number of ether oxygens (including phenoxy) is 8. The van der Waals surface area contributed by atoms with Crippen molar-refractivity contribution in [3.63, 3.8) is 0 Å². The Bertz CT molecular complexity index is 1990. The van der Waals surface area contributed by atoms with Crippen molar-refractivity contribution >= 4 is 47.4 Å². The number of carbonyl (C=O) groups excluding carboxylic acids is 6. The number of halogens is 1. The fourth-order valence-electron chi connectivity index (χ4n) is 7.47. The first-order valence-corrected chi connectivity index (χ1v) is 24.3. The number of unbranched alkanes of at least 4 members (excludes halogenated alkanes) is 6. The Labute approximate surface area is 405 Å². The Morgan fingerprint density at radius 3 is 1.63 bits per heavy atom. The summed E-state index contributed by atoms with van der Waals surface area (Å²) < 4.78 is 44.4. The van der Waals surface area contributed by atoms with E-state index >= 15 is 0 Å². The summed E-state index contributed by atoms with van der Waals surface area (Å²) in [7, 11) is 0. The summed E-state index contributed by atoms with van der Waals surface area (Å²) in [5, 5.41) is 0. The van der Waals surface area contributed by atoms with E-state index in [9.17, 15) is 28.8 Å². The van der Waals surface area contributed by atoms with E-state index in [1.54, 1.807) is 55.5 Å². The van der Waals surface area contributed by atoms with Crippen molar-refractivity contribution in [2.75, 3.05) is 32.3 Å². The maximum atomic E-state index is 13.1. The highest BCUT2D eigenvalue weighted by molar-refractivity contribution is 6.18. The zero-order valence-electron chi connectivity index (χ0n) is 39.3. The van der Waals surface area contributed by atoms with Crippen LogP contribution in [0.15, 0.2) is 97.3 Å². The van der Waals surface area contributed by atoms with Crippen LogP contribution < -0.4 is 14.2 Å². The fourth-order valence-corrected chi connectivity index (χ4v) is 7.62. The number of rotatable bonds is 29. The molecule has 2 aliphatic carbocycles. The van der Waals surface area contributed by atoms with E-state index in [0.717, 1.165) is 57.4 Å². The number of allylic oxidation sites excluding steroid dienone is 3. The van der Waals surface area contributed by atoms with Gasteiger partial charge in [-0.25, -0.2) is 14.4 Å². The third kappa shape index (κ3) is 21.0. The predicted molar refractivity (Wildman–Crippen MR) is 255 cm³/mol. The van der Waals surface area contributed by atoms with Gasteiger partial charge in [-0.05, 0) is 176 Å². The topological polar surface area (TPSA) is 176 Å². The molecule has 2 aromatic carbocycles. The Hall–Kier alpha value is -5.89. The molecule has 370 valence electrons. The molecule has 0 amide bonds. The minimum absolute atomic E-state index is 0.191. The SMILES string of the molecule is C=CC(=O)OCCCCCCOc1ccc(OC(=O)C2CCC(OC(=O)/C(C)=C/C=C(C=C)OC(=O)C3CCC(OC(=O)c4ccc(OCCCCCCOC(=O)CCCl)cc4)CC3)CC2)cc1. The zero-order chi connectivity index (χ0) is 48.9.